The smallest absolute Gasteiger partial charge is 0.352 e. The van der Waals surface area contributed by atoms with Gasteiger partial charge >= 0.3 is 6.18 Å². The third kappa shape index (κ3) is 4.84. The van der Waals surface area contributed by atoms with Crippen molar-refractivity contribution in [2.45, 2.75) is 33.0 Å². The largest absolute Gasteiger partial charge is 0.419 e. The van der Waals surface area contributed by atoms with Crippen LogP contribution in [0, 0.1) is 12.7 Å². The number of hydrogen-bond donors (Lipinski definition) is 1. The molecule has 0 aliphatic carbocycles. The maximum absolute atomic E-state index is 15.0. The Morgan fingerprint density at radius 2 is 1.81 bits per heavy atom. The van der Waals surface area contributed by atoms with Gasteiger partial charge in [0.15, 0.2) is 0 Å². The summed E-state index contributed by atoms with van der Waals surface area (Å²) in [6.07, 6.45) is -0.348. The zero-order valence-electron chi connectivity index (χ0n) is 17.6. The average molecular weight is 451 g/mol. The van der Waals surface area contributed by atoms with E-state index < -0.39 is 29.5 Å². The summed E-state index contributed by atoms with van der Waals surface area (Å²) < 4.78 is 52.9. The zero-order valence-corrected chi connectivity index (χ0v) is 17.6. The van der Waals surface area contributed by atoms with Crippen LogP contribution in [0.3, 0.4) is 0 Å². The van der Waals surface area contributed by atoms with Crippen molar-refractivity contribution in [3.63, 3.8) is 0 Å². The third-order valence-corrected chi connectivity index (χ3v) is 4.83. The molecule has 12 heteroatoms. The molecule has 1 N–H and O–H groups in total. The van der Waals surface area contributed by atoms with Crippen molar-refractivity contribution in [3.8, 4) is 5.69 Å². The quantitative estimate of drug-likeness (QED) is 0.554. The van der Waals surface area contributed by atoms with Gasteiger partial charge in [-0.1, -0.05) is 6.07 Å². The minimum absolute atomic E-state index is 0.0171. The van der Waals surface area contributed by atoms with Gasteiger partial charge < -0.3 is 10.2 Å². The molecular weight excluding hydrogens is 430 g/mol. The minimum atomic E-state index is -4.53. The van der Waals surface area contributed by atoms with E-state index in [-0.39, 0.29) is 30.3 Å². The highest BCUT2D eigenvalue weighted by molar-refractivity contribution is 5.98. The van der Waals surface area contributed by atoms with Crippen molar-refractivity contribution < 1.29 is 22.4 Å². The maximum atomic E-state index is 15.0. The highest BCUT2D eigenvalue weighted by Crippen LogP contribution is 2.28. The first-order valence-corrected chi connectivity index (χ1v) is 9.73. The van der Waals surface area contributed by atoms with Crippen LogP contribution >= 0.6 is 0 Å². The highest BCUT2D eigenvalue weighted by Gasteiger charge is 2.31. The van der Waals surface area contributed by atoms with E-state index in [0.29, 0.717) is 18.0 Å². The van der Waals surface area contributed by atoms with Crippen molar-refractivity contribution in [1.82, 2.24) is 29.9 Å². The Hall–Kier alpha value is -3.57. The molecule has 0 unspecified atom stereocenters. The molecule has 0 spiro atoms. The first-order valence-electron chi connectivity index (χ1n) is 9.73. The van der Waals surface area contributed by atoms with Gasteiger partial charge in [-0.25, -0.2) is 14.4 Å². The number of benzene rings is 1. The van der Waals surface area contributed by atoms with Gasteiger partial charge in [0.1, 0.15) is 17.1 Å². The molecule has 0 saturated carbocycles. The molecule has 2 heterocycles. The van der Waals surface area contributed by atoms with Crippen molar-refractivity contribution in [2.24, 2.45) is 0 Å². The van der Waals surface area contributed by atoms with E-state index in [0.717, 1.165) is 0 Å². The monoisotopic (exact) mass is 451 g/mol. The predicted molar refractivity (Wildman–Crippen MR) is 108 cm³/mol. The average Bonchev–Trinajstić information content (AvgIpc) is 3.29. The molecular formula is C20H21F4N7O. The molecule has 0 aliphatic rings. The van der Waals surface area contributed by atoms with Gasteiger partial charge in [-0.05, 0) is 32.4 Å². The molecule has 2 aromatic heterocycles. The van der Waals surface area contributed by atoms with E-state index >= 15 is 4.39 Å². The number of alkyl halides is 3. The van der Waals surface area contributed by atoms with E-state index in [2.05, 4.69) is 25.5 Å². The van der Waals surface area contributed by atoms with Crippen LogP contribution in [0.25, 0.3) is 5.69 Å². The lowest BCUT2D eigenvalue weighted by Gasteiger charge is -2.29. The number of halogens is 4. The van der Waals surface area contributed by atoms with Crippen LogP contribution in [0.5, 0.6) is 0 Å². The van der Waals surface area contributed by atoms with Crippen LogP contribution in [0.15, 0.2) is 36.9 Å². The summed E-state index contributed by atoms with van der Waals surface area (Å²) in [6, 6.07) is 2.64. The Morgan fingerprint density at radius 1 is 1.19 bits per heavy atom. The summed E-state index contributed by atoms with van der Waals surface area (Å²) in [5.74, 6) is -1.25. The van der Waals surface area contributed by atoms with Crippen LogP contribution < -0.4 is 5.32 Å². The highest BCUT2D eigenvalue weighted by atomic mass is 19.4. The molecule has 0 fully saturated rings. The van der Waals surface area contributed by atoms with E-state index in [4.69, 9.17) is 0 Å². The number of carbonyl (C=O) groups is 1. The molecule has 1 atom stereocenters. The molecule has 3 aromatic rings. The number of carbonyl (C=O) groups excluding carboxylic acids is 1. The second-order valence-corrected chi connectivity index (χ2v) is 7.02. The summed E-state index contributed by atoms with van der Waals surface area (Å²) in [5.41, 5.74) is -0.631. The number of nitrogens with zero attached hydrogens (tertiary/aromatic N) is 6. The lowest BCUT2D eigenvalue weighted by atomic mass is 10.1. The van der Waals surface area contributed by atoms with Crippen LogP contribution in [0.4, 0.5) is 23.5 Å². The predicted octanol–water partition coefficient (Wildman–Crippen LogP) is 3.49. The number of aryl methyl sites for hydroxylation is 1. The number of rotatable bonds is 7. The zero-order chi connectivity index (χ0) is 23.5. The maximum Gasteiger partial charge on any atom is 0.419 e. The Labute approximate surface area is 181 Å². The summed E-state index contributed by atoms with van der Waals surface area (Å²) in [6.45, 7) is 5.40. The van der Waals surface area contributed by atoms with Crippen molar-refractivity contribution in [1.29, 1.82) is 0 Å². The Bertz CT molecular complexity index is 1070. The van der Waals surface area contributed by atoms with Crippen LogP contribution in [0.1, 0.15) is 35.3 Å². The number of likely N-dealkylation sites (N-methyl/N-ethyl adjacent to an activating group) is 1. The summed E-state index contributed by atoms with van der Waals surface area (Å²) in [5, 5.41) is 10.8. The van der Waals surface area contributed by atoms with Gasteiger partial charge in [0, 0.05) is 31.5 Å². The fourth-order valence-electron chi connectivity index (χ4n) is 3.09. The van der Waals surface area contributed by atoms with Gasteiger partial charge in [-0.2, -0.15) is 28.2 Å². The lowest BCUT2D eigenvalue weighted by Crippen LogP contribution is -2.43. The number of anilines is 1. The third-order valence-electron chi connectivity index (χ3n) is 4.83. The van der Waals surface area contributed by atoms with Gasteiger partial charge in [0.2, 0.25) is 5.95 Å². The van der Waals surface area contributed by atoms with Crippen LogP contribution in [-0.2, 0) is 6.18 Å². The molecule has 1 amide bonds. The standard InChI is InChI=1S/C20H21F4N7O/c1-4-30(13(3)9-25-19-26-10-14(11-27-19)20(22,23)24)18(32)16-15(31-28-7-8-29-31)6-5-12(2)17(16)21/h5-8,10-11,13H,4,9H2,1-3H3,(H,25,26,27)/t13-/m0/s1. The summed E-state index contributed by atoms with van der Waals surface area (Å²) in [4.78, 5) is 23.2. The minimum Gasteiger partial charge on any atom is -0.352 e. The normalized spacial score (nSPS) is 12.5. The Balaban J connectivity index is 1.80. The molecule has 8 nitrogen and oxygen atoms in total. The first kappa shape index (κ1) is 23.1. The Morgan fingerprint density at radius 3 is 2.38 bits per heavy atom. The molecule has 0 saturated heterocycles. The van der Waals surface area contributed by atoms with E-state index in [1.165, 1.54) is 28.2 Å². The molecule has 3 rings (SSSR count). The van der Waals surface area contributed by atoms with Crippen LogP contribution in [-0.4, -0.2) is 54.9 Å². The van der Waals surface area contributed by atoms with E-state index in [9.17, 15) is 18.0 Å². The van der Waals surface area contributed by atoms with Crippen LogP contribution in [0.2, 0.25) is 0 Å². The number of hydrogen-bond acceptors (Lipinski definition) is 6. The van der Waals surface area contributed by atoms with Crippen molar-refractivity contribution in [2.75, 3.05) is 18.4 Å². The molecule has 170 valence electrons. The number of aromatic nitrogens is 5. The second-order valence-electron chi connectivity index (χ2n) is 7.02. The molecule has 1 aromatic carbocycles. The van der Waals surface area contributed by atoms with Gasteiger partial charge in [-0.15, -0.1) is 0 Å². The topological polar surface area (TPSA) is 88.8 Å². The van der Waals surface area contributed by atoms with E-state index in [1.54, 1.807) is 26.8 Å². The fraction of sp³-hybridized carbons (Fsp3) is 0.350. The first-order chi connectivity index (χ1) is 15.1. The second kappa shape index (κ2) is 9.28. The molecule has 0 radical (unpaired) electrons. The van der Waals surface area contributed by atoms with Crippen molar-refractivity contribution in [3.05, 3.63) is 59.4 Å². The molecule has 0 bridgehead atoms. The summed E-state index contributed by atoms with van der Waals surface area (Å²) in [7, 11) is 0. The number of amides is 1. The lowest BCUT2D eigenvalue weighted by molar-refractivity contribution is -0.138. The SMILES string of the molecule is CCN(C(=O)c1c(-n2nccn2)ccc(C)c1F)[C@@H](C)CNc1ncc(C(F)(F)F)cn1. The van der Waals surface area contributed by atoms with Gasteiger partial charge in [-0.3, -0.25) is 4.79 Å². The van der Waals surface area contributed by atoms with E-state index in [1.807, 2.05) is 0 Å². The summed E-state index contributed by atoms with van der Waals surface area (Å²) >= 11 is 0. The Kier molecular flexibility index (Phi) is 6.70. The van der Waals surface area contributed by atoms with Gasteiger partial charge in [0.25, 0.3) is 5.91 Å². The van der Waals surface area contributed by atoms with Gasteiger partial charge in [0.05, 0.1) is 18.0 Å². The molecule has 0 aliphatic heterocycles. The number of nitrogens with one attached hydrogen (secondary N) is 1. The van der Waals surface area contributed by atoms with Crippen molar-refractivity contribution >= 4 is 11.9 Å². The fourth-order valence-corrected chi connectivity index (χ4v) is 3.09. The molecule has 32 heavy (non-hydrogen) atoms.